The molecule has 1 atom stereocenters. The third-order valence-electron chi connectivity index (χ3n) is 2.06. The summed E-state index contributed by atoms with van der Waals surface area (Å²) >= 11 is 5.08. The Morgan fingerprint density at radius 2 is 2.43 bits per heavy atom. The van der Waals surface area contributed by atoms with Crippen molar-refractivity contribution in [2.24, 2.45) is 0 Å². The highest BCUT2D eigenvalue weighted by Crippen LogP contribution is 2.26. The molecule has 1 aromatic heterocycles. The first-order valence-corrected chi connectivity index (χ1v) is 6.27. The number of hydrogen-bond donors (Lipinski definition) is 1. The lowest BCUT2D eigenvalue weighted by atomic mass is 9.95. The van der Waals surface area contributed by atoms with Crippen molar-refractivity contribution in [1.82, 2.24) is 0 Å². The number of allylic oxidation sites excluding steroid dienone is 1. The Bertz CT molecular complexity index is 304. The van der Waals surface area contributed by atoms with Gasteiger partial charge in [0.1, 0.15) is 0 Å². The SMILES string of the molecule is C=CCCC(C)(O)Cc1cc(Br)cs1. The van der Waals surface area contributed by atoms with Gasteiger partial charge in [-0.1, -0.05) is 6.08 Å². The highest BCUT2D eigenvalue weighted by Gasteiger charge is 2.20. The van der Waals surface area contributed by atoms with Gasteiger partial charge >= 0.3 is 0 Å². The second-order valence-electron chi connectivity index (χ2n) is 3.73. The minimum atomic E-state index is -0.613. The molecular formula is C11H15BrOS. The number of halogens is 1. The van der Waals surface area contributed by atoms with E-state index >= 15 is 0 Å². The van der Waals surface area contributed by atoms with Crippen molar-refractivity contribution >= 4 is 27.3 Å². The van der Waals surface area contributed by atoms with Gasteiger partial charge in [0.05, 0.1) is 5.60 Å². The molecule has 1 nitrogen and oxygen atoms in total. The third-order valence-corrected chi connectivity index (χ3v) is 3.76. The molecule has 0 amide bonds. The fraction of sp³-hybridized carbons (Fsp3) is 0.455. The molecule has 1 aromatic rings. The fourth-order valence-electron chi connectivity index (χ4n) is 1.32. The summed E-state index contributed by atoms with van der Waals surface area (Å²) < 4.78 is 1.09. The molecule has 0 aromatic carbocycles. The standard InChI is InChI=1S/C11H15BrOS/c1-3-4-5-11(2,13)7-10-6-9(12)8-14-10/h3,6,8,13H,1,4-5,7H2,2H3. The minimum absolute atomic E-state index is 0.613. The van der Waals surface area contributed by atoms with Crippen LogP contribution in [0.5, 0.6) is 0 Å². The van der Waals surface area contributed by atoms with Crippen LogP contribution in [-0.2, 0) is 6.42 Å². The van der Waals surface area contributed by atoms with Crippen LogP contribution in [0.1, 0.15) is 24.6 Å². The second kappa shape index (κ2) is 5.10. The van der Waals surface area contributed by atoms with Crippen molar-refractivity contribution in [3.05, 3.63) is 33.5 Å². The predicted molar refractivity (Wildman–Crippen MR) is 65.8 cm³/mol. The summed E-state index contributed by atoms with van der Waals surface area (Å²) in [6, 6.07) is 2.06. The van der Waals surface area contributed by atoms with Crippen LogP contribution in [0.3, 0.4) is 0 Å². The van der Waals surface area contributed by atoms with E-state index in [2.05, 4.69) is 28.6 Å². The summed E-state index contributed by atoms with van der Waals surface area (Å²) in [7, 11) is 0. The lowest BCUT2D eigenvalue weighted by Gasteiger charge is -2.21. The molecule has 0 fully saturated rings. The van der Waals surface area contributed by atoms with Gasteiger partial charge in [-0.25, -0.2) is 0 Å². The van der Waals surface area contributed by atoms with Crippen LogP contribution in [0.4, 0.5) is 0 Å². The summed E-state index contributed by atoms with van der Waals surface area (Å²) in [6.45, 7) is 5.54. The Hall–Kier alpha value is -0.120. The van der Waals surface area contributed by atoms with E-state index in [1.807, 2.05) is 18.4 Å². The zero-order valence-electron chi connectivity index (χ0n) is 8.29. The molecule has 14 heavy (non-hydrogen) atoms. The molecular weight excluding hydrogens is 260 g/mol. The van der Waals surface area contributed by atoms with Gasteiger partial charge in [-0.2, -0.15) is 0 Å². The monoisotopic (exact) mass is 274 g/mol. The predicted octanol–water partition coefficient (Wildman–Crippen LogP) is 3.77. The van der Waals surface area contributed by atoms with Gasteiger partial charge in [-0.3, -0.25) is 0 Å². The van der Waals surface area contributed by atoms with Crippen molar-refractivity contribution < 1.29 is 5.11 Å². The van der Waals surface area contributed by atoms with Crippen LogP contribution >= 0.6 is 27.3 Å². The lowest BCUT2D eigenvalue weighted by Crippen LogP contribution is -2.26. The summed E-state index contributed by atoms with van der Waals surface area (Å²) in [5, 5.41) is 12.1. The molecule has 1 N–H and O–H groups in total. The molecule has 0 aliphatic heterocycles. The van der Waals surface area contributed by atoms with Crippen molar-refractivity contribution in [3.63, 3.8) is 0 Å². The first-order valence-electron chi connectivity index (χ1n) is 4.60. The summed E-state index contributed by atoms with van der Waals surface area (Å²) in [4.78, 5) is 1.21. The van der Waals surface area contributed by atoms with Crippen LogP contribution in [-0.4, -0.2) is 10.7 Å². The zero-order valence-corrected chi connectivity index (χ0v) is 10.7. The summed E-state index contributed by atoms with van der Waals surface area (Å²) in [5.74, 6) is 0. The lowest BCUT2D eigenvalue weighted by molar-refractivity contribution is 0.0531. The molecule has 0 aliphatic rings. The third kappa shape index (κ3) is 3.95. The molecule has 0 bridgehead atoms. The highest BCUT2D eigenvalue weighted by molar-refractivity contribution is 9.10. The van der Waals surface area contributed by atoms with Gasteiger partial charge in [0, 0.05) is 21.2 Å². The molecule has 0 spiro atoms. The Morgan fingerprint density at radius 3 is 2.93 bits per heavy atom. The van der Waals surface area contributed by atoms with Crippen LogP contribution < -0.4 is 0 Å². The normalized spacial score (nSPS) is 15.1. The van der Waals surface area contributed by atoms with E-state index in [4.69, 9.17) is 0 Å². The van der Waals surface area contributed by atoms with Gasteiger partial charge in [0.2, 0.25) is 0 Å². The molecule has 78 valence electrons. The summed E-state index contributed by atoms with van der Waals surface area (Å²) in [5.41, 5.74) is -0.613. The highest BCUT2D eigenvalue weighted by atomic mass is 79.9. The smallest absolute Gasteiger partial charge is 0.0670 e. The maximum atomic E-state index is 10.1. The topological polar surface area (TPSA) is 20.2 Å². The first kappa shape index (κ1) is 12.0. The van der Waals surface area contributed by atoms with E-state index in [0.717, 1.165) is 23.7 Å². The number of aliphatic hydroxyl groups is 1. The number of hydrogen-bond acceptors (Lipinski definition) is 2. The van der Waals surface area contributed by atoms with Gasteiger partial charge in [0.15, 0.2) is 0 Å². The van der Waals surface area contributed by atoms with Gasteiger partial charge in [0.25, 0.3) is 0 Å². The molecule has 0 radical (unpaired) electrons. The molecule has 0 saturated heterocycles. The maximum absolute atomic E-state index is 10.1. The fourth-order valence-corrected chi connectivity index (χ4v) is 2.95. The Morgan fingerprint density at radius 1 is 1.71 bits per heavy atom. The van der Waals surface area contributed by atoms with Crippen LogP contribution in [0.15, 0.2) is 28.6 Å². The quantitative estimate of drug-likeness (QED) is 0.811. The van der Waals surface area contributed by atoms with E-state index in [1.54, 1.807) is 11.3 Å². The van der Waals surface area contributed by atoms with Crippen molar-refractivity contribution in [2.75, 3.05) is 0 Å². The number of rotatable bonds is 5. The Labute approximate surface area is 97.6 Å². The molecule has 0 aliphatic carbocycles. The largest absolute Gasteiger partial charge is 0.390 e. The second-order valence-corrected chi connectivity index (χ2v) is 5.64. The molecule has 1 heterocycles. The van der Waals surface area contributed by atoms with Gasteiger partial charge < -0.3 is 5.11 Å². The van der Waals surface area contributed by atoms with E-state index in [1.165, 1.54) is 4.88 Å². The number of thiophene rings is 1. The van der Waals surface area contributed by atoms with Crippen molar-refractivity contribution in [2.45, 2.75) is 31.8 Å². The van der Waals surface area contributed by atoms with Gasteiger partial charge in [-0.15, -0.1) is 17.9 Å². The Balaban J connectivity index is 2.53. The molecule has 1 rings (SSSR count). The average Bonchev–Trinajstić information content (AvgIpc) is 2.47. The van der Waals surface area contributed by atoms with Crippen LogP contribution in [0.25, 0.3) is 0 Å². The van der Waals surface area contributed by atoms with Gasteiger partial charge in [-0.05, 0) is 41.8 Å². The van der Waals surface area contributed by atoms with Crippen molar-refractivity contribution in [3.8, 4) is 0 Å². The van der Waals surface area contributed by atoms with Crippen molar-refractivity contribution in [1.29, 1.82) is 0 Å². The van der Waals surface area contributed by atoms with Crippen LogP contribution in [0.2, 0.25) is 0 Å². The van der Waals surface area contributed by atoms with E-state index in [-0.39, 0.29) is 0 Å². The molecule has 0 saturated carbocycles. The average molecular weight is 275 g/mol. The summed E-state index contributed by atoms with van der Waals surface area (Å²) in [6.07, 6.45) is 4.20. The first-order chi connectivity index (χ1) is 6.53. The minimum Gasteiger partial charge on any atom is -0.390 e. The zero-order chi connectivity index (χ0) is 10.6. The molecule has 3 heteroatoms. The van der Waals surface area contributed by atoms with E-state index in [9.17, 15) is 5.11 Å². The maximum Gasteiger partial charge on any atom is 0.0670 e. The Kier molecular flexibility index (Phi) is 4.35. The van der Waals surface area contributed by atoms with Crippen LogP contribution in [0, 0.1) is 0 Å². The molecule has 1 unspecified atom stereocenters. The van der Waals surface area contributed by atoms with E-state index in [0.29, 0.717) is 0 Å². The van der Waals surface area contributed by atoms with E-state index < -0.39 is 5.60 Å².